The number of carboxylic acid groups (broad SMARTS) is 1. The molecule has 0 heterocycles. The lowest BCUT2D eigenvalue weighted by Crippen LogP contribution is -2.49. The molecule has 2 aromatic rings. The molecule has 0 saturated heterocycles. The molecule has 4 bridgehead atoms. The molecule has 4 fully saturated rings. The molecule has 1 N–H and O–H groups in total. The summed E-state index contributed by atoms with van der Waals surface area (Å²) in [6.45, 7) is 3.25. The van der Waals surface area contributed by atoms with Crippen molar-refractivity contribution in [2.45, 2.75) is 63.7 Å². The van der Waals surface area contributed by atoms with Crippen LogP contribution in [0.1, 0.15) is 84.5 Å². The Morgan fingerprint density at radius 2 is 1.63 bits per heavy atom. The van der Waals surface area contributed by atoms with Gasteiger partial charge in [0.25, 0.3) is 0 Å². The maximum Gasteiger partial charge on any atom is 0.335 e. The summed E-state index contributed by atoms with van der Waals surface area (Å²) in [6, 6.07) is 14.3. The Balaban J connectivity index is 1.44. The van der Waals surface area contributed by atoms with Crippen LogP contribution in [0, 0.1) is 17.8 Å². The minimum absolute atomic E-state index is 0.322. The fraction of sp³-hybridized carbons (Fsp3) is 0.516. The van der Waals surface area contributed by atoms with Crippen LogP contribution >= 0.6 is 0 Å². The van der Waals surface area contributed by atoms with Gasteiger partial charge >= 0.3 is 5.97 Å². The van der Waals surface area contributed by atoms with Gasteiger partial charge in [-0.25, -0.2) is 4.79 Å². The number of carbonyl (C=O) groups is 1. The van der Waals surface area contributed by atoms with Gasteiger partial charge < -0.3 is 14.6 Å². The molecule has 4 heteroatoms. The van der Waals surface area contributed by atoms with Gasteiger partial charge in [0, 0.05) is 13.7 Å². The van der Waals surface area contributed by atoms with Crippen LogP contribution in [0.3, 0.4) is 0 Å². The van der Waals surface area contributed by atoms with Gasteiger partial charge in [0.05, 0.1) is 5.56 Å². The highest BCUT2D eigenvalue weighted by atomic mass is 16.7. The third-order valence-electron chi connectivity index (χ3n) is 8.65. The molecule has 186 valence electrons. The number of aromatic carboxylic acids is 1. The summed E-state index contributed by atoms with van der Waals surface area (Å²) in [5, 5.41) is 9.18. The van der Waals surface area contributed by atoms with E-state index in [4.69, 9.17) is 9.47 Å². The maximum absolute atomic E-state index is 11.2. The molecule has 0 radical (unpaired) electrons. The fourth-order valence-electron chi connectivity index (χ4n) is 7.54. The van der Waals surface area contributed by atoms with Gasteiger partial charge in [0.1, 0.15) is 6.79 Å². The second-order valence-electron chi connectivity index (χ2n) is 11.2. The molecule has 2 aromatic carbocycles. The summed E-state index contributed by atoms with van der Waals surface area (Å²) < 4.78 is 10.6. The molecule has 0 spiro atoms. The van der Waals surface area contributed by atoms with Crippen LogP contribution < -0.4 is 0 Å². The Hall–Kier alpha value is -2.43. The van der Waals surface area contributed by atoms with Crippen molar-refractivity contribution in [1.82, 2.24) is 0 Å². The number of carboxylic acids is 1. The second kappa shape index (κ2) is 10.3. The van der Waals surface area contributed by atoms with Gasteiger partial charge in [-0.1, -0.05) is 36.4 Å². The smallest absolute Gasteiger partial charge is 0.335 e. The van der Waals surface area contributed by atoms with Crippen LogP contribution in [0.4, 0.5) is 0 Å². The zero-order valence-corrected chi connectivity index (χ0v) is 21.1. The van der Waals surface area contributed by atoms with Gasteiger partial charge in [0.15, 0.2) is 0 Å². The topological polar surface area (TPSA) is 55.8 Å². The van der Waals surface area contributed by atoms with E-state index in [9.17, 15) is 9.90 Å². The zero-order valence-electron chi connectivity index (χ0n) is 21.1. The highest BCUT2D eigenvalue weighted by molar-refractivity contribution is 5.88. The van der Waals surface area contributed by atoms with E-state index >= 15 is 0 Å². The van der Waals surface area contributed by atoms with Crippen molar-refractivity contribution < 1.29 is 19.4 Å². The molecule has 4 aliphatic carbocycles. The lowest BCUT2D eigenvalue weighted by atomic mass is 9.47. The van der Waals surface area contributed by atoms with Crippen LogP contribution in [-0.4, -0.2) is 31.6 Å². The van der Waals surface area contributed by atoms with Crippen molar-refractivity contribution in [3.63, 3.8) is 0 Å². The first kappa shape index (κ1) is 24.3. The minimum Gasteiger partial charge on any atom is -0.478 e. The molecule has 0 unspecified atom stereocenters. The highest BCUT2D eigenvalue weighted by Crippen LogP contribution is 2.61. The van der Waals surface area contributed by atoms with Crippen molar-refractivity contribution >= 4 is 17.6 Å². The Morgan fingerprint density at radius 3 is 2.23 bits per heavy atom. The molecular weight excluding hydrogens is 436 g/mol. The molecule has 4 aliphatic rings. The summed E-state index contributed by atoms with van der Waals surface area (Å²) in [7, 11) is 1.67. The van der Waals surface area contributed by atoms with Gasteiger partial charge in [-0.2, -0.15) is 0 Å². The molecule has 0 aromatic heterocycles. The third kappa shape index (κ3) is 5.24. The van der Waals surface area contributed by atoms with Crippen LogP contribution in [-0.2, 0) is 21.3 Å². The number of rotatable bonds is 10. The normalized spacial score (nSPS) is 27.4. The lowest BCUT2D eigenvalue weighted by molar-refractivity contribution is -0.0311. The van der Waals surface area contributed by atoms with E-state index in [2.05, 4.69) is 31.2 Å². The fourth-order valence-corrected chi connectivity index (χ4v) is 7.54. The summed E-state index contributed by atoms with van der Waals surface area (Å²) in [5.74, 6) is 1.84. The summed E-state index contributed by atoms with van der Waals surface area (Å²) in [5.41, 5.74) is 7.28. The number of benzene rings is 2. The van der Waals surface area contributed by atoms with Crippen LogP contribution in [0.5, 0.6) is 0 Å². The van der Waals surface area contributed by atoms with Crippen LogP contribution in [0.25, 0.3) is 11.6 Å². The summed E-state index contributed by atoms with van der Waals surface area (Å²) >= 11 is 0. The standard InChI is InChI=1S/C31H38O4/c1-21(12-22-5-7-27(8-6-22)30(32)33)28-10-9-26(4-3-11-35-20-34-2)29(16-28)31-17-23-13-24(18-31)15-25(14-23)19-31/h5-10,12,16,23-25H,3-4,11,13-15,17-20H2,1-2H3,(H,32,33)/b21-12+. The number of hydrogen-bond acceptors (Lipinski definition) is 3. The van der Waals surface area contributed by atoms with E-state index in [-0.39, 0.29) is 0 Å². The van der Waals surface area contributed by atoms with Crippen molar-refractivity contribution in [3.05, 3.63) is 70.3 Å². The Morgan fingerprint density at radius 1 is 1.00 bits per heavy atom. The molecular formula is C31H38O4. The number of methoxy groups -OCH3 is 1. The first-order valence-corrected chi connectivity index (χ1v) is 13.2. The number of hydrogen-bond donors (Lipinski definition) is 1. The molecule has 4 nitrogen and oxygen atoms in total. The van der Waals surface area contributed by atoms with E-state index in [1.165, 1.54) is 55.2 Å². The monoisotopic (exact) mass is 474 g/mol. The van der Waals surface area contributed by atoms with Crippen LogP contribution in [0.15, 0.2) is 42.5 Å². The predicted molar refractivity (Wildman–Crippen MR) is 139 cm³/mol. The molecule has 0 atom stereocenters. The predicted octanol–water partition coefficient (Wildman–Crippen LogP) is 6.97. The van der Waals surface area contributed by atoms with E-state index in [0.29, 0.717) is 17.8 Å². The van der Waals surface area contributed by atoms with Crippen molar-refractivity contribution in [2.75, 3.05) is 20.5 Å². The maximum atomic E-state index is 11.2. The van der Waals surface area contributed by atoms with E-state index in [0.717, 1.165) is 42.8 Å². The highest BCUT2D eigenvalue weighted by Gasteiger charge is 2.52. The van der Waals surface area contributed by atoms with E-state index < -0.39 is 5.97 Å². The van der Waals surface area contributed by atoms with Gasteiger partial charge in [-0.3, -0.25) is 0 Å². The minimum atomic E-state index is -0.888. The van der Waals surface area contributed by atoms with Crippen LogP contribution in [0.2, 0.25) is 0 Å². The average molecular weight is 475 g/mol. The quantitative estimate of drug-likeness (QED) is 0.230. The van der Waals surface area contributed by atoms with Crippen molar-refractivity contribution in [1.29, 1.82) is 0 Å². The van der Waals surface area contributed by atoms with Crippen molar-refractivity contribution in [3.8, 4) is 0 Å². The largest absolute Gasteiger partial charge is 0.478 e. The van der Waals surface area contributed by atoms with E-state index in [1.807, 2.05) is 12.1 Å². The summed E-state index contributed by atoms with van der Waals surface area (Å²) in [4.78, 5) is 11.2. The van der Waals surface area contributed by atoms with Crippen molar-refractivity contribution in [2.24, 2.45) is 17.8 Å². The Kier molecular flexibility index (Phi) is 7.13. The number of aryl methyl sites for hydroxylation is 1. The molecule has 0 aliphatic heterocycles. The Bertz CT molecular complexity index is 1050. The summed E-state index contributed by atoms with van der Waals surface area (Å²) in [6.07, 6.45) is 12.6. The average Bonchev–Trinajstić information content (AvgIpc) is 2.83. The first-order chi connectivity index (χ1) is 17.0. The third-order valence-corrected chi connectivity index (χ3v) is 8.65. The number of allylic oxidation sites excluding steroid dienone is 1. The van der Waals surface area contributed by atoms with E-state index in [1.54, 1.807) is 24.8 Å². The lowest BCUT2D eigenvalue weighted by Gasteiger charge is -2.57. The SMILES string of the molecule is COCOCCCc1ccc(/C(C)=C/c2ccc(C(=O)O)cc2)cc1C12CC3CC(CC(C3)C1)C2. The molecule has 35 heavy (non-hydrogen) atoms. The first-order valence-electron chi connectivity index (χ1n) is 13.2. The number of ether oxygens (including phenoxy) is 2. The Labute approximate surface area is 209 Å². The zero-order chi connectivity index (χ0) is 24.4. The van der Waals surface area contributed by atoms with Gasteiger partial charge in [-0.15, -0.1) is 0 Å². The van der Waals surface area contributed by atoms with Gasteiger partial charge in [0.2, 0.25) is 0 Å². The van der Waals surface area contributed by atoms with Gasteiger partial charge in [-0.05, 0) is 121 Å². The molecule has 6 rings (SSSR count). The second-order valence-corrected chi connectivity index (χ2v) is 11.2. The molecule has 4 saturated carbocycles. The molecule has 0 amide bonds.